The zero-order valence-corrected chi connectivity index (χ0v) is 12.0. The summed E-state index contributed by atoms with van der Waals surface area (Å²) < 4.78 is 5.85. The number of rotatable bonds is 7. The Hall–Kier alpha value is -0.800. The highest BCUT2D eigenvalue weighted by atomic mass is 16.3. The van der Waals surface area contributed by atoms with E-state index in [-0.39, 0.29) is 0 Å². The van der Waals surface area contributed by atoms with Gasteiger partial charge in [-0.3, -0.25) is 4.90 Å². The number of furan rings is 1. The van der Waals surface area contributed by atoms with Gasteiger partial charge in [-0.25, -0.2) is 0 Å². The van der Waals surface area contributed by atoms with Gasteiger partial charge in [-0.05, 0) is 45.3 Å². The fourth-order valence-electron chi connectivity index (χ4n) is 2.60. The van der Waals surface area contributed by atoms with Crippen molar-refractivity contribution >= 4 is 0 Å². The number of aryl methyl sites for hydroxylation is 1. The smallest absolute Gasteiger partial charge is 0.118 e. The minimum atomic E-state index is 0.893. The van der Waals surface area contributed by atoms with Crippen LogP contribution in [0.25, 0.3) is 0 Å². The van der Waals surface area contributed by atoms with E-state index in [9.17, 15) is 0 Å². The van der Waals surface area contributed by atoms with Gasteiger partial charge in [0.2, 0.25) is 0 Å². The van der Waals surface area contributed by atoms with Crippen LogP contribution in [0.4, 0.5) is 0 Å². The van der Waals surface area contributed by atoms with E-state index in [1.807, 2.05) is 7.05 Å². The first kappa shape index (κ1) is 13.6. The summed E-state index contributed by atoms with van der Waals surface area (Å²) in [5.74, 6) is 3.09. The number of nitrogens with one attached hydrogen (secondary N) is 1. The normalized spacial score (nSPS) is 16.2. The summed E-state index contributed by atoms with van der Waals surface area (Å²) in [5, 5.41) is 3.18. The second-order valence-electron chi connectivity index (χ2n) is 5.45. The molecule has 0 saturated heterocycles. The summed E-state index contributed by atoms with van der Waals surface area (Å²) in [6.07, 6.45) is 4.26. The molecule has 1 fully saturated rings. The van der Waals surface area contributed by atoms with Gasteiger partial charge in [0.05, 0.1) is 6.54 Å². The Bertz CT molecular complexity index is 369. The summed E-state index contributed by atoms with van der Waals surface area (Å²) in [6.45, 7) is 8.48. The molecule has 1 saturated carbocycles. The zero-order chi connectivity index (χ0) is 13.0. The molecular weight excluding hydrogens is 224 g/mol. The average Bonchev–Trinajstić information content (AvgIpc) is 2.63. The standard InChI is InChI=1S/C15H26N2O/c1-4-17(10-13-6-5-7-13)11-15-8-14(9-16-3)12(2)18-15/h8,13,16H,4-7,9-11H2,1-3H3. The minimum absolute atomic E-state index is 0.893. The van der Waals surface area contributed by atoms with Crippen LogP contribution in [0.1, 0.15) is 43.3 Å². The summed E-state index contributed by atoms with van der Waals surface area (Å²) in [4.78, 5) is 2.51. The molecule has 3 nitrogen and oxygen atoms in total. The van der Waals surface area contributed by atoms with Gasteiger partial charge in [-0.2, -0.15) is 0 Å². The Morgan fingerprint density at radius 1 is 1.44 bits per heavy atom. The fourth-order valence-corrected chi connectivity index (χ4v) is 2.60. The lowest BCUT2D eigenvalue weighted by Gasteiger charge is -2.31. The van der Waals surface area contributed by atoms with Crippen LogP contribution in [0, 0.1) is 12.8 Å². The molecule has 0 unspecified atom stereocenters. The molecule has 18 heavy (non-hydrogen) atoms. The third-order valence-electron chi connectivity index (χ3n) is 4.01. The number of hydrogen-bond acceptors (Lipinski definition) is 3. The molecule has 0 bridgehead atoms. The van der Waals surface area contributed by atoms with Crippen molar-refractivity contribution in [3.63, 3.8) is 0 Å². The Morgan fingerprint density at radius 2 is 2.22 bits per heavy atom. The summed E-state index contributed by atoms with van der Waals surface area (Å²) in [7, 11) is 1.97. The quantitative estimate of drug-likeness (QED) is 0.806. The number of nitrogens with zero attached hydrogens (tertiary/aromatic N) is 1. The van der Waals surface area contributed by atoms with Crippen LogP contribution < -0.4 is 5.32 Å². The largest absolute Gasteiger partial charge is 0.465 e. The SMILES string of the molecule is CCN(Cc1cc(CNC)c(C)o1)CC1CCC1. The van der Waals surface area contributed by atoms with E-state index in [2.05, 4.69) is 30.1 Å². The maximum Gasteiger partial charge on any atom is 0.118 e. The lowest BCUT2D eigenvalue weighted by atomic mass is 9.85. The Labute approximate surface area is 111 Å². The Morgan fingerprint density at radius 3 is 2.78 bits per heavy atom. The van der Waals surface area contributed by atoms with Gasteiger partial charge in [-0.1, -0.05) is 13.3 Å². The van der Waals surface area contributed by atoms with Crippen molar-refractivity contribution in [2.45, 2.75) is 46.2 Å². The summed E-state index contributed by atoms with van der Waals surface area (Å²) in [5.41, 5.74) is 1.28. The molecule has 0 atom stereocenters. The van der Waals surface area contributed by atoms with Gasteiger partial charge in [0.25, 0.3) is 0 Å². The van der Waals surface area contributed by atoms with Gasteiger partial charge in [-0.15, -0.1) is 0 Å². The molecule has 0 spiro atoms. The molecule has 2 rings (SSSR count). The van der Waals surface area contributed by atoms with Crippen molar-refractivity contribution in [3.8, 4) is 0 Å². The van der Waals surface area contributed by atoms with E-state index >= 15 is 0 Å². The van der Waals surface area contributed by atoms with E-state index in [0.29, 0.717) is 0 Å². The molecule has 0 aliphatic heterocycles. The van der Waals surface area contributed by atoms with Crippen LogP contribution in [-0.2, 0) is 13.1 Å². The lowest BCUT2D eigenvalue weighted by molar-refractivity contribution is 0.168. The van der Waals surface area contributed by atoms with Crippen LogP contribution >= 0.6 is 0 Å². The zero-order valence-electron chi connectivity index (χ0n) is 12.0. The highest BCUT2D eigenvalue weighted by Crippen LogP contribution is 2.27. The molecule has 1 heterocycles. The van der Waals surface area contributed by atoms with Crippen molar-refractivity contribution in [1.29, 1.82) is 0 Å². The minimum Gasteiger partial charge on any atom is -0.465 e. The molecule has 1 aromatic rings. The highest BCUT2D eigenvalue weighted by Gasteiger charge is 2.20. The average molecular weight is 250 g/mol. The molecule has 102 valence electrons. The molecule has 1 aliphatic carbocycles. The predicted molar refractivity (Wildman–Crippen MR) is 74.5 cm³/mol. The molecule has 3 heteroatoms. The van der Waals surface area contributed by atoms with Gasteiger partial charge >= 0.3 is 0 Å². The topological polar surface area (TPSA) is 28.4 Å². The maximum absolute atomic E-state index is 5.85. The first-order valence-corrected chi connectivity index (χ1v) is 7.18. The predicted octanol–water partition coefficient (Wildman–Crippen LogP) is 2.93. The van der Waals surface area contributed by atoms with Gasteiger partial charge in [0.1, 0.15) is 11.5 Å². The van der Waals surface area contributed by atoms with Gasteiger partial charge < -0.3 is 9.73 Å². The first-order valence-electron chi connectivity index (χ1n) is 7.18. The van der Waals surface area contributed by atoms with Crippen LogP contribution in [0.5, 0.6) is 0 Å². The fraction of sp³-hybridized carbons (Fsp3) is 0.733. The van der Waals surface area contributed by atoms with Crippen LogP contribution in [0.15, 0.2) is 10.5 Å². The Balaban J connectivity index is 1.91. The molecule has 0 amide bonds. The molecule has 1 N–H and O–H groups in total. The molecule has 1 aromatic heterocycles. The maximum atomic E-state index is 5.85. The van der Waals surface area contributed by atoms with Crippen LogP contribution in [-0.4, -0.2) is 25.0 Å². The van der Waals surface area contributed by atoms with Crippen LogP contribution in [0.2, 0.25) is 0 Å². The van der Waals surface area contributed by atoms with E-state index in [4.69, 9.17) is 4.42 Å². The lowest BCUT2D eigenvalue weighted by Crippen LogP contribution is -2.31. The van der Waals surface area contributed by atoms with E-state index in [1.165, 1.54) is 31.4 Å². The van der Waals surface area contributed by atoms with E-state index in [0.717, 1.165) is 37.1 Å². The van der Waals surface area contributed by atoms with Gasteiger partial charge in [0.15, 0.2) is 0 Å². The second-order valence-corrected chi connectivity index (χ2v) is 5.45. The summed E-state index contributed by atoms with van der Waals surface area (Å²) >= 11 is 0. The first-order chi connectivity index (χ1) is 8.72. The van der Waals surface area contributed by atoms with Gasteiger partial charge in [0, 0.05) is 18.7 Å². The van der Waals surface area contributed by atoms with Crippen LogP contribution in [0.3, 0.4) is 0 Å². The summed E-state index contributed by atoms with van der Waals surface area (Å²) in [6, 6.07) is 2.20. The highest BCUT2D eigenvalue weighted by molar-refractivity contribution is 5.20. The van der Waals surface area contributed by atoms with Crippen molar-refractivity contribution in [2.24, 2.45) is 5.92 Å². The van der Waals surface area contributed by atoms with Crippen molar-refractivity contribution in [3.05, 3.63) is 23.2 Å². The third-order valence-corrected chi connectivity index (χ3v) is 4.01. The monoisotopic (exact) mass is 250 g/mol. The van der Waals surface area contributed by atoms with Crippen molar-refractivity contribution < 1.29 is 4.42 Å². The third kappa shape index (κ3) is 3.36. The van der Waals surface area contributed by atoms with Crippen molar-refractivity contribution in [2.75, 3.05) is 20.1 Å². The van der Waals surface area contributed by atoms with Crippen molar-refractivity contribution in [1.82, 2.24) is 10.2 Å². The molecule has 1 aliphatic rings. The molecule has 0 radical (unpaired) electrons. The molecular formula is C15H26N2O. The Kier molecular flexibility index (Phi) is 4.84. The van der Waals surface area contributed by atoms with E-state index in [1.54, 1.807) is 0 Å². The molecule has 0 aromatic carbocycles. The van der Waals surface area contributed by atoms with E-state index < -0.39 is 0 Å². The second kappa shape index (κ2) is 6.39. The number of hydrogen-bond donors (Lipinski definition) is 1.